The molecule has 0 unspecified atom stereocenters. The van der Waals surface area contributed by atoms with Gasteiger partial charge in [0.05, 0.1) is 25.1 Å². The fourth-order valence-electron chi connectivity index (χ4n) is 3.18. The number of anilines is 2. The van der Waals surface area contributed by atoms with Gasteiger partial charge in [0.15, 0.2) is 5.78 Å². The van der Waals surface area contributed by atoms with Gasteiger partial charge in [-0.2, -0.15) is 0 Å². The molecule has 1 amide bonds. The van der Waals surface area contributed by atoms with E-state index in [0.717, 1.165) is 25.9 Å². The Hall–Kier alpha value is -3.06. The number of carbonyl (C=O) groups is 2. The fourth-order valence-corrected chi connectivity index (χ4v) is 3.18. The Kier molecular flexibility index (Phi) is 6.49. The number of hydrogen-bond acceptors (Lipinski definition) is 6. The van der Waals surface area contributed by atoms with Gasteiger partial charge in [0.1, 0.15) is 5.75 Å². The van der Waals surface area contributed by atoms with Gasteiger partial charge in [0, 0.05) is 11.1 Å². The molecule has 0 bridgehead atoms. The van der Waals surface area contributed by atoms with Crippen molar-refractivity contribution < 1.29 is 19.1 Å². The summed E-state index contributed by atoms with van der Waals surface area (Å²) in [6.07, 6.45) is 1.34. The van der Waals surface area contributed by atoms with Gasteiger partial charge in [-0.05, 0) is 68.2 Å². The summed E-state index contributed by atoms with van der Waals surface area (Å²) in [6.45, 7) is 2.21. The van der Waals surface area contributed by atoms with Gasteiger partial charge >= 0.3 is 6.09 Å². The quantitative estimate of drug-likeness (QED) is 0.523. The second kappa shape index (κ2) is 9.23. The molecule has 7 heteroatoms. The van der Waals surface area contributed by atoms with Crippen molar-refractivity contribution in [2.75, 3.05) is 37.9 Å². The average molecular weight is 383 g/mol. The van der Waals surface area contributed by atoms with Crippen molar-refractivity contribution in [2.45, 2.75) is 12.8 Å². The van der Waals surface area contributed by atoms with E-state index in [9.17, 15) is 9.59 Å². The molecule has 0 spiro atoms. The molecular formula is C21H25N3O4. The Morgan fingerprint density at radius 1 is 1.14 bits per heavy atom. The number of ether oxygens (including phenoxy) is 2. The van der Waals surface area contributed by atoms with Gasteiger partial charge in [-0.25, -0.2) is 4.79 Å². The van der Waals surface area contributed by atoms with Gasteiger partial charge in [-0.15, -0.1) is 0 Å². The van der Waals surface area contributed by atoms with E-state index in [2.05, 4.69) is 10.6 Å². The normalized spacial score (nSPS) is 14.3. The molecule has 0 radical (unpaired) electrons. The number of carbonyl (C=O) groups excluding carboxylic acids is 2. The van der Waals surface area contributed by atoms with Gasteiger partial charge in [-0.1, -0.05) is 6.07 Å². The lowest BCUT2D eigenvalue weighted by Crippen LogP contribution is -2.31. The first-order valence-corrected chi connectivity index (χ1v) is 9.30. The SMILES string of the molecule is COc1ccc(C(=O)c2cccc(N)c2NC(=O)OCC2CCNCC2)cc1. The van der Waals surface area contributed by atoms with E-state index in [4.69, 9.17) is 15.2 Å². The zero-order valence-electron chi connectivity index (χ0n) is 15.9. The minimum absolute atomic E-state index is 0.247. The number of rotatable bonds is 6. The molecule has 148 valence electrons. The highest BCUT2D eigenvalue weighted by Crippen LogP contribution is 2.27. The first kappa shape index (κ1) is 19.7. The zero-order valence-corrected chi connectivity index (χ0v) is 15.9. The standard InChI is InChI=1S/C21H25N3O4/c1-27-16-7-5-15(6-8-16)20(25)17-3-2-4-18(22)19(17)24-21(26)28-13-14-9-11-23-12-10-14/h2-8,14,23H,9-13,22H2,1H3,(H,24,26). The largest absolute Gasteiger partial charge is 0.497 e. The fraction of sp³-hybridized carbons (Fsp3) is 0.333. The zero-order chi connectivity index (χ0) is 19.9. The third kappa shape index (κ3) is 4.80. The number of hydrogen-bond donors (Lipinski definition) is 3. The summed E-state index contributed by atoms with van der Waals surface area (Å²) in [4.78, 5) is 25.2. The number of nitrogens with two attached hydrogens (primary N) is 1. The van der Waals surface area contributed by atoms with E-state index in [-0.39, 0.29) is 11.5 Å². The predicted octanol–water partition coefficient (Wildman–Crippen LogP) is 3.06. The Morgan fingerprint density at radius 3 is 2.54 bits per heavy atom. The van der Waals surface area contributed by atoms with Crippen molar-refractivity contribution in [1.29, 1.82) is 0 Å². The molecular weight excluding hydrogens is 358 g/mol. The number of para-hydroxylation sites is 1. The lowest BCUT2D eigenvalue weighted by Gasteiger charge is -2.22. The van der Waals surface area contributed by atoms with Crippen molar-refractivity contribution in [3.05, 3.63) is 53.6 Å². The summed E-state index contributed by atoms with van der Waals surface area (Å²) in [7, 11) is 1.56. The number of ketones is 1. The molecule has 0 aliphatic carbocycles. The molecule has 0 aromatic heterocycles. The van der Waals surface area contributed by atoms with Gasteiger partial charge in [0.25, 0.3) is 0 Å². The van der Waals surface area contributed by atoms with Crippen molar-refractivity contribution in [1.82, 2.24) is 5.32 Å². The van der Waals surface area contributed by atoms with Gasteiger partial charge in [-0.3, -0.25) is 10.1 Å². The molecule has 2 aromatic rings. The smallest absolute Gasteiger partial charge is 0.411 e. The highest BCUT2D eigenvalue weighted by molar-refractivity contribution is 6.15. The van der Waals surface area contributed by atoms with Gasteiger partial charge < -0.3 is 20.5 Å². The molecule has 1 aliphatic heterocycles. The summed E-state index contributed by atoms with van der Waals surface area (Å²) in [5.74, 6) is 0.757. The molecule has 3 rings (SSSR count). The van der Waals surface area contributed by atoms with Crippen LogP contribution < -0.4 is 21.1 Å². The lowest BCUT2D eigenvalue weighted by atomic mass is 9.99. The van der Waals surface area contributed by atoms with Crippen LogP contribution in [0, 0.1) is 5.92 Å². The van der Waals surface area contributed by atoms with Crippen LogP contribution in [0.15, 0.2) is 42.5 Å². The summed E-state index contributed by atoms with van der Waals surface area (Å²) in [6, 6.07) is 11.7. The highest BCUT2D eigenvalue weighted by atomic mass is 16.5. The van der Waals surface area contributed by atoms with Crippen LogP contribution in [0.4, 0.5) is 16.2 Å². The van der Waals surface area contributed by atoms with E-state index in [1.807, 2.05) is 0 Å². The van der Waals surface area contributed by atoms with Crippen molar-refractivity contribution in [3.8, 4) is 5.75 Å². The molecule has 0 saturated carbocycles. The number of nitrogens with one attached hydrogen (secondary N) is 2. The van der Waals surface area contributed by atoms with Crippen LogP contribution in [-0.4, -0.2) is 38.7 Å². The molecule has 1 heterocycles. The number of methoxy groups -OCH3 is 1. The van der Waals surface area contributed by atoms with E-state index in [1.165, 1.54) is 0 Å². The maximum absolute atomic E-state index is 12.9. The minimum Gasteiger partial charge on any atom is -0.497 e. The summed E-state index contributed by atoms with van der Waals surface area (Å²) >= 11 is 0. The van der Waals surface area contributed by atoms with Crippen LogP contribution in [0.1, 0.15) is 28.8 Å². The Morgan fingerprint density at radius 2 is 1.86 bits per heavy atom. The molecule has 1 aliphatic rings. The maximum atomic E-state index is 12.9. The first-order valence-electron chi connectivity index (χ1n) is 9.30. The van der Waals surface area contributed by atoms with Crippen molar-refractivity contribution in [3.63, 3.8) is 0 Å². The van der Waals surface area contributed by atoms with E-state index in [1.54, 1.807) is 49.6 Å². The molecule has 2 aromatic carbocycles. The van der Waals surface area contributed by atoms with Gasteiger partial charge in [0.2, 0.25) is 0 Å². The van der Waals surface area contributed by atoms with Crippen LogP contribution >= 0.6 is 0 Å². The molecule has 0 atom stereocenters. The van der Waals surface area contributed by atoms with Crippen LogP contribution in [0.3, 0.4) is 0 Å². The molecule has 1 saturated heterocycles. The predicted molar refractivity (Wildman–Crippen MR) is 108 cm³/mol. The molecule has 1 fully saturated rings. The number of piperidine rings is 1. The number of benzene rings is 2. The second-order valence-corrected chi connectivity index (χ2v) is 6.74. The maximum Gasteiger partial charge on any atom is 0.411 e. The molecule has 7 nitrogen and oxygen atoms in total. The van der Waals surface area contributed by atoms with Crippen LogP contribution in [-0.2, 0) is 4.74 Å². The summed E-state index contributed by atoms with van der Waals surface area (Å²) in [5, 5.41) is 5.92. The Labute approximate surface area is 164 Å². The van der Waals surface area contributed by atoms with E-state index in [0.29, 0.717) is 35.1 Å². The number of amides is 1. The summed E-state index contributed by atoms with van der Waals surface area (Å²) < 4.78 is 10.5. The second-order valence-electron chi connectivity index (χ2n) is 6.74. The molecule has 28 heavy (non-hydrogen) atoms. The Balaban J connectivity index is 1.71. The van der Waals surface area contributed by atoms with Crippen LogP contribution in [0.2, 0.25) is 0 Å². The van der Waals surface area contributed by atoms with E-state index < -0.39 is 6.09 Å². The highest BCUT2D eigenvalue weighted by Gasteiger charge is 2.20. The van der Waals surface area contributed by atoms with Crippen LogP contribution in [0.25, 0.3) is 0 Å². The van der Waals surface area contributed by atoms with Crippen LogP contribution in [0.5, 0.6) is 5.75 Å². The third-order valence-electron chi connectivity index (χ3n) is 4.83. The summed E-state index contributed by atoms with van der Waals surface area (Å²) in [5.41, 5.74) is 7.37. The average Bonchev–Trinajstić information content (AvgIpc) is 2.74. The van der Waals surface area contributed by atoms with Crippen molar-refractivity contribution in [2.24, 2.45) is 5.92 Å². The molecule has 4 N–H and O–H groups in total. The minimum atomic E-state index is -0.611. The van der Waals surface area contributed by atoms with E-state index >= 15 is 0 Å². The monoisotopic (exact) mass is 383 g/mol. The topological polar surface area (TPSA) is 103 Å². The third-order valence-corrected chi connectivity index (χ3v) is 4.83. The lowest BCUT2D eigenvalue weighted by molar-refractivity contribution is 0.103. The Bertz CT molecular complexity index is 830. The number of nitrogen functional groups attached to an aromatic ring is 1. The first-order chi connectivity index (χ1) is 13.6. The van der Waals surface area contributed by atoms with Crippen molar-refractivity contribution >= 4 is 23.3 Å².